The molecule has 0 radical (unpaired) electrons. The molecule has 0 bridgehead atoms. The number of alkyl halides is 1. The van der Waals surface area contributed by atoms with Crippen molar-refractivity contribution >= 4 is 17.0 Å². The maximum Gasteiger partial charge on any atom is 0.369 e. The van der Waals surface area contributed by atoms with E-state index < -0.39 is 23.3 Å². The Morgan fingerprint density at radius 3 is 2.40 bits per heavy atom. The molecule has 0 aromatic carbocycles. The van der Waals surface area contributed by atoms with Gasteiger partial charge in [0.25, 0.3) is 11.0 Å². The van der Waals surface area contributed by atoms with Crippen molar-refractivity contribution in [3.63, 3.8) is 0 Å². The van der Waals surface area contributed by atoms with Crippen molar-refractivity contribution in [2.24, 2.45) is 0 Å². The molecule has 7 heteroatoms. The normalized spacial score (nSPS) is 13.1. The van der Waals surface area contributed by atoms with Crippen LogP contribution in [0.25, 0.3) is 0 Å². The third kappa shape index (κ3) is 3.36. The Hall–Kier alpha value is -0.690. The van der Waals surface area contributed by atoms with Crippen molar-refractivity contribution in [3.05, 3.63) is 0 Å². The number of thiol groups is 1. The number of halogens is 1. The fourth-order valence-electron chi connectivity index (χ4n) is 0.211. The molecule has 0 saturated carbocycles. The highest BCUT2D eigenvalue weighted by atomic mass is 32.2. The largest absolute Gasteiger partial charge is 0.465 e. The second-order valence-corrected chi connectivity index (χ2v) is 1.83. The van der Waals surface area contributed by atoms with Crippen LogP contribution in [0.15, 0.2) is 0 Å². The molecular weight excluding hydrogens is 167 g/mol. The number of ether oxygens (including phenoxy) is 1. The molecule has 10 heavy (non-hydrogen) atoms. The molecule has 1 atom stereocenters. The van der Waals surface area contributed by atoms with Crippen molar-refractivity contribution < 1.29 is 26.5 Å². The van der Waals surface area contributed by atoms with Crippen molar-refractivity contribution in [2.45, 2.75) is 6.36 Å². The van der Waals surface area contributed by atoms with Crippen molar-refractivity contribution in [1.82, 2.24) is 0 Å². The maximum absolute atomic E-state index is 12.0. The Kier molecular flexibility index (Phi) is 3.89. The number of esters is 1. The van der Waals surface area contributed by atoms with Gasteiger partial charge >= 0.3 is 12.3 Å². The predicted octanol–water partition coefficient (Wildman–Crippen LogP) is -1.00. The lowest BCUT2D eigenvalue weighted by Gasteiger charge is -1.99. The van der Waals surface area contributed by atoms with Gasteiger partial charge < -0.3 is 4.74 Å². The van der Waals surface area contributed by atoms with Gasteiger partial charge in [-0.3, -0.25) is 0 Å². The number of rotatable bonds is 3. The lowest BCUT2D eigenvalue weighted by atomic mass is 10.7. The molecule has 0 rings (SSSR count). The average molecular weight is 172 g/mol. The third-order valence-electron chi connectivity index (χ3n) is 0.565. The van der Waals surface area contributed by atoms with Crippen LogP contribution in [0.2, 0.25) is 0 Å². The van der Waals surface area contributed by atoms with Gasteiger partial charge in [-0.15, -0.1) is 0 Å². The van der Waals surface area contributed by atoms with E-state index in [0.717, 1.165) is 7.11 Å². The molecule has 0 amide bonds. The standard InChI is InChI=1S/C3H5FO5S/c1-8-3(5)2(4)9-10(6)7/h2,10H,1H3. The minimum atomic E-state index is -3.35. The van der Waals surface area contributed by atoms with Gasteiger partial charge in [0.2, 0.25) is 0 Å². The van der Waals surface area contributed by atoms with E-state index >= 15 is 0 Å². The van der Waals surface area contributed by atoms with Crippen molar-refractivity contribution in [2.75, 3.05) is 7.11 Å². The zero-order valence-corrected chi connectivity index (χ0v) is 5.84. The summed E-state index contributed by atoms with van der Waals surface area (Å²) in [5, 5.41) is 0. The second-order valence-electron chi connectivity index (χ2n) is 1.17. The van der Waals surface area contributed by atoms with Crippen LogP contribution in [0.5, 0.6) is 0 Å². The molecule has 0 aliphatic rings. The fourth-order valence-corrected chi connectivity index (χ4v) is 0.448. The second kappa shape index (κ2) is 4.18. The summed E-state index contributed by atoms with van der Waals surface area (Å²) >= 11 is 0. The molecule has 60 valence electrons. The Labute approximate surface area is 57.9 Å². The SMILES string of the molecule is COC(=O)C(F)O[SH](=O)=O. The Balaban J connectivity index is 3.84. The van der Waals surface area contributed by atoms with E-state index in [1.54, 1.807) is 0 Å². The first kappa shape index (κ1) is 9.31. The third-order valence-corrected chi connectivity index (χ3v) is 0.922. The van der Waals surface area contributed by atoms with Gasteiger partial charge in [0.15, 0.2) is 0 Å². The number of hydrogen-bond acceptors (Lipinski definition) is 5. The Bertz CT molecular complexity index is 179. The molecule has 1 unspecified atom stereocenters. The van der Waals surface area contributed by atoms with Gasteiger partial charge in [0.05, 0.1) is 7.11 Å². The van der Waals surface area contributed by atoms with Gasteiger partial charge in [-0.2, -0.15) is 0 Å². The van der Waals surface area contributed by atoms with E-state index in [9.17, 15) is 17.6 Å². The Morgan fingerprint density at radius 1 is 1.60 bits per heavy atom. The van der Waals surface area contributed by atoms with E-state index in [1.165, 1.54) is 0 Å². The molecule has 0 fully saturated rings. The molecular formula is C3H5FO5S. The summed E-state index contributed by atoms with van der Waals surface area (Å²) in [6, 6.07) is 0. The zero-order chi connectivity index (χ0) is 8.15. The fraction of sp³-hybridized carbons (Fsp3) is 0.667. The predicted molar refractivity (Wildman–Crippen MR) is 28.3 cm³/mol. The first-order chi connectivity index (χ1) is 4.57. The number of carbonyl (C=O) groups excluding carboxylic acids is 1. The molecule has 0 heterocycles. The summed E-state index contributed by atoms with van der Waals surface area (Å²) in [6.45, 7) is 0. The van der Waals surface area contributed by atoms with Crippen molar-refractivity contribution in [3.8, 4) is 0 Å². The number of carbonyl (C=O) groups is 1. The minimum Gasteiger partial charge on any atom is -0.465 e. The number of methoxy groups -OCH3 is 1. The lowest BCUT2D eigenvalue weighted by molar-refractivity contribution is -0.156. The van der Waals surface area contributed by atoms with Crippen LogP contribution in [-0.4, -0.2) is 27.9 Å². The minimum absolute atomic E-state index is 0.913. The van der Waals surface area contributed by atoms with Gasteiger partial charge in [0.1, 0.15) is 0 Å². The summed E-state index contributed by atoms with van der Waals surface area (Å²) in [6.07, 6.45) is -2.55. The maximum atomic E-state index is 12.0. The van der Waals surface area contributed by atoms with Crippen LogP contribution >= 0.6 is 0 Å². The molecule has 0 aromatic rings. The highest BCUT2D eigenvalue weighted by Crippen LogP contribution is 1.95. The molecule has 5 nitrogen and oxygen atoms in total. The highest BCUT2D eigenvalue weighted by molar-refractivity contribution is 7.67. The van der Waals surface area contributed by atoms with E-state index in [-0.39, 0.29) is 0 Å². The van der Waals surface area contributed by atoms with E-state index in [0.29, 0.717) is 0 Å². The van der Waals surface area contributed by atoms with Crippen LogP contribution in [0, 0.1) is 0 Å². The van der Waals surface area contributed by atoms with Gasteiger partial charge in [-0.05, 0) is 0 Å². The van der Waals surface area contributed by atoms with E-state index in [4.69, 9.17) is 0 Å². The first-order valence-electron chi connectivity index (χ1n) is 2.11. The van der Waals surface area contributed by atoms with E-state index in [1.807, 2.05) is 0 Å². The highest BCUT2D eigenvalue weighted by Gasteiger charge is 2.18. The first-order valence-corrected chi connectivity index (χ1v) is 3.20. The quantitative estimate of drug-likeness (QED) is 0.436. The Morgan fingerprint density at radius 2 is 2.10 bits per heavy atom. The molecule has 0 spiro atoms. The van der Waals surface area contributed by atoms with Gasteiger partial charge in [0, 0.05) is 0 Å². The topological polar surface area (TPSA) is 69.7 Å². The van der Waals surface area contributed by atoms with Crippen LogP contribution in [-0.2, 0) is 24.7 Å². The molecule has 0 aromatic heterocycles. The van der Waals surface area contributed by atoms with E-state index in [2.05, 4.69) is 8.92 Å². The van der Waals surface area contributed by atoms with Crippen LogP contribution in [0.1, 0.15) is 0 Å². The molecule has 0 aliphatic carbocycles. The molecule has 0 N–H and O–H groups in total. The van der Waals surface area contributed by atoms with Crippen LogP contribution in [0.3, 0.4) is 0 Å². The van der Waals surface area contributed by atoms with Crippen LogP contribution in [0.4, 0.5) is 4.39 Å². The molecule has 0 saturated heterocycles. The van der Waals surface area contributed by atoms with Crippen molar-refractivity contribution in [1.29, 1.82) is 0 Å². The smallest absolute Gasteiger partial charge is 0.369 e. The summed E-state index contributed by atoms with van der Waals surface area (Å²) in [4.78, 5) is 10.1. The van der Waals surface area contributed by atoms with Gasteiger partial charge in [-0.25, -0.2) is 21.8 Å². The monoisotopic (exact) mass is 172 g/mol. The van der Waals surface area contributed by atoms with Crippen LogP contribution < -0.4 is 0 Å². The van der Waals surface area contributed by atoms with Gasteiger partial charge in [-0.1, -0.05) is 0 Å². The number of hydrogen-bond donors (Lipinski definition) is 1. The molecule has 0 aliphatic heterocycles. The lowest BCUT2D eigenvalue weighted by Crippen LogP contribution is -2.19. The average Bonchev–Trinajstić information content (AvgIpc) is 1.85. The summed E-state index contributed by atoms with van der Waals surface area (Å²) < 4.78 is 38.4. The zero-order valence-electron chi connectivity index (χ0n) is 4.94. The summed E-state index contributed by atoms with van der Waals surface area (Å²) in [5.74, 6) is -1.38. The summed E-state index contributed by atoms with van der Waals surface area (Å²) in [7, 11) is -2.44. The summed E-state index contributed by atoms with van der Waals surface area (Å²) in [5.41, 5.74) is 0.